The molecule has 0 unspecified atom stereocenters. The Morgan fingerprint density at radius 3 is 2.21 bits per heavy atom. The second kappa shape index (κ2) is 5.74. The molecule has 3 rings (SSSR count). The van der Waals surface area contributed by atoms with Crippen molar-refractivity contribution in [2.45, 2.75) is 0 Å². The van der Waals surface area contributed by atoms with Gasteiger partial charge in [0, 0.05) is 5.56 Å². The molecule has 19 heavy (non-hydrogen) atoms. The number of phenols is 1. The summed E-state index contributed by atoms with van der Waals surface area (Å²) in [4.78, 5) is 0. The minimum Gasteiger partial charge on any atom is -1.00 e. The number of rotatable bonds is 2. The molecule has 1 N–H and O–H groups in total. The van der Waals surface area contributed by atoms with Crippen LogP contribution in [0.4, 0.5) is 0 Å². The first-order chi connectivity index (χ1) is 8.84. The van der Waals surface area contributed by atoms with Gasteiger partial charge in [0.2, 0.25) is 0 Å². The molecular weight excluding hydrogens is 253 g/mol. The van der Waals surface area contributed by atoms with Crippen molar-refractivity contribution in [2.24, 2.45) is 0 Å². The van der Waals surface area contributed by atoms with E-state index in [1.165, 1.54) is 11.3 Å². The van der Waals surface area contributed by atoms with Crippen LogP contribution in [-0.2, 0) is 0 Å². The molecule has 0 aliphatic carbocycles. The van der Waals surface area contributed by atoms with Crippen LogP contribution in [0.25, 0.3) is 21.1 Å². The van der Waals surface area contributed by atoms with Gasteiger partial charge in [0.05, 0.1) is 5.56 Å². The predicted molar refractivity (Wildman–Crippen MR) is 80.4 cm³/mol. The summed E-state index contributed by atoms with van der Waals surface area (Å²) in [5.41, 5.74) is 1.76. The van der Waals surface area contributed by atoms with Crippen LogP contribution in [0.15, 0.2) is 54.6 Å². The molecule has 0 atom stereocenters. The fourth-order valence-corrected chi connectivity index (χ4v) is 2.57. The van der Waals surface area contributed by atoms with Crippen molar-refractivity contribution in [1.29, 1.82) is 0 Å². The summed E-state index contributed by atoms with van der Waals surface area (Å²) in [6.45, 7) is 0. The summed E-state index contributed by atoms with van der Waals surface area (Å²) in [7, 11) is 0. The number of benzene rings is 2. The third kappa shape index (κ3) is 2.70. The third-order valence-corrected chi connectivity index (χ3v) is 3.59. The molecular formula is C14H12BeN2OS. The molecule has 5 heteroatoms. The fraction of sp³-hybridized carbons (Fsp3) is 0. The molecule has 3 nitrogen and oxygen atoms in total. The Hall–Kier alpha value is -2.03. The number of hydrogen-bond acceptors (Lipinski definition) is 4. The minimum absolute atomic E-state index is 0. The number of hydrogen-bond donors (Lipinski definition) is 1. The van der Waals surface area contributed by atoms with Crippen LogP contribution in [0, 0.1) is 0 Å². The van der Waals surface area contributed by atoms with Gasteiger partial charge in [-0.05, 0) is 12.1 Å². The van der Waals surface area contributed by atoms with Gasteiger partial charge in [-0.15, -0.1) is 10.2 Å². The van der Waals surface area contributed by atoms with Gasteiger partial charge >= 0.3 is 10.1 Å². The van der Waals surface area contributed by atoms with Gasteiger partial charge < -0.3 is 7.96 Å². The van der Waals surface area contributed by atoms with Crippen LogP contribution in [-0.4, -0.2) is 25.4 Å². The molecule has 0 radical (unpaired) electrons. The number of para-hydroxylation sites is 1. The minimum atomic E-state index is 0. The fourth-order valence-electron chi connectivity index (χ4n) is 1.68. The predicted octanol–water partition coefficient (Wildman–Crippen LogP) is 3.42. The summed E-state index contributed by atoms with van der Waals surface area (Å²) >= 11 is 1.47. The van der Waals surface area contributed by atoms with Crippen molar-refractivity contribution in [2.75, 3.05) is 0 Å². The van der Waals surface area contributed by atoms with Gasteiger partial charge in [-0.1, -0.05) is 53.8 Å². The summed E-state index contributed by atoms with van der Waals surface area (Å²) < 4.78 is 0. The zero-order valence-corrected chi connectivity index (χ0v) is 11.0. The number of aromatic nitrogens is 2. The van der Waals surface area contributed by atoms with E-state index in [-0.39, 0.29) is 18.7 Å². The second-order valence-electron chi connectivity index (χ2n) is 3.80. The molecule has 0 saturated carbocycles. The van der Waals surface area contributed by atoms with Crippen molar-refractivity contribution in [3.05, 3.63) is 54.6 Å². The number of aromatic hydroxyl groups is 1. The van der Waals surface area contributed by atoms with E-state index in [1.807, 2.05) is 42.5 Å². The molecule has 92 valence electrons. The Balaban J connectivity index is 0.00000133. The molecule has 1 heterocycles. The van der Waals surface area contributed by atoms with Crippen molar-refractivity contribution in [1.82, 2.24) is 10.2 Å². The summed E-state index contributed by atoms with van der Waals surface area (Å²) in [6, 6.07) is 17.0. The van der Waals surface area contributed by atoms with Crippen LogP contribution >= 0.6 is 11.3 Å². The maximum Gasteiger partial charge on any atom is 2.00 e. The van der Waals surface area contributed by atoms with Crippen LogP contribution in [0.5, 0.6) is 5.75 Å². The van der Waals surface area contributed by atoms with Crippen molar-refractivity contribution in [3.63, 3.8) is 0 Å². The largest absolute Gasteiger partial charge is 2.00 e. The van der Waals surface area contributed by atoms with Crippen LogP contribution < -0.4 is 0 Å². The molecule has 0 fully saturated rings. The Kier molecular flexibility index (Phi) is 4.05. The quantitative estimate of drug-likeness (QED) is 0.722. The van der Waals surface area contributed by atoms with Crippen molar-refractivity contribution >= 4 is 21.5 Å². The average Bonchev–Trinajstić information content (AvgIpc) is 2.90. The van der Waals surface area contributed by atoms with E-state index >= 15 is 0 Å². The van der Waals surface area contributed by atoms with Gasteiger partial charge in [-0.2, -0.15) is 0 Å². The molecule has 0 aliphatic rings. The molecule has 0 spiro atoms. The van der Waals surface area contributed by atoms with Crippen molar-refractivity contribution in [3.8, 4) is 26.9 Å². The SMILES string of the molecule is Oc1ccccc1-c1nnc(-c2ccccc2)s1.[Be+2].[H-].[H-]. The van der Waals surface area contributed by atoms with Crippen molar-refractivity contribution < 1.29 is 7.96 Å². The van der Waals surface area contributed by atoms with Crippen LogP contribution in [0.1, 0.15) is 2.85 Å². The first-order valence-corrected chi connectivity index (χ1v) is 6.33. The molecule has 1 aromatic heterocycles. The van der Waals surface area contributed by atoms with E-state index in [9.17, 15) is 5.11 Å². The molecule has 2 aromatic carbocycles. The maximum absolute atomic E-state index is 9.78. The Morgan fingerprint density at radius 1 is 0.842 bits per heavy atom. The first-order valence-electron chi connectivity index (χ1n) is 5.52. The summed E-state index contributed by atoms with van der Waals surface area (Å²) in [6.07, 6.45) is 0. The van der Waals surface area contributed by atoms with E-state index < -0.39 is 0 Å². The van der Waals surface area contributed by atoms with Crippen LogP contribution in [0.3, 0.4) is 0 Å². The van der Waals surface area contributed by atoms with Gasteiger partial charge in [-0.25, -0.2) is 0 Å². The zero-order chi connectivity index (χ0) is 12.4. The molecule has 0 saturated heterocycles. The molecule has 0 bridgehead atoms. The summed E-state index contributed by atoms with van der Waals surface area (Å²) in [5.74, 6) is 0.230. The van der Waals surface area contributed by atoms with Gasteiger partial charge in [0.15, 0.2) is 5.01 Å². The van der Waals surface area contributed by atoms with Gasteiger partial charge in [0.1, 0.15) is 10.8 Å². The third-order valence-electron chi connectivity index (χ3n) is 2.58. The monoisotopic (exact) mass is 265 g/mol. The van der Waals surface area contributed by atoms with Gasteiger partial charge in [0.25, 0.3) is 0 Å². The van der Waals surface area contributed by atoms with E-state index in [0.717, 1.165) is 21.1 Å². The Morgan fingerprint density at radius 2 is 1.47 bits per heavy atom. The average molecular weight is 265 g/mol. The van der Waals surface area contributed by atoms with E-state index in [0.29, 0.717) is 0 Å². The number of nitrogens with zero attached hydrogens (tertiary/aromatic N) is 2. The van der Waals surface area contributed by atoms with Gasteiger partial charge in [-0.3, -0.25) is 0 Å². The van der Waals surface area contributed by atoms with E-state index in [2.05, 4.69) is 10.2 Å². The molecule has 0 aliphatic heterocycles. The Labute approximate surface area is 121 Å². The smallest absolute Gasteiger partial charge is 1.00 e. The second-order valence-corrected chi connectivity index (χ2v) is 4.77. The zero-order valence-electron chi connectivity index (χ0n) is 12.2. The summed E-state index contributed by atoms with van der Waals surface area (Å²) in [5, 5.41) is 19.7. The van der Waals surface area contributed by atoms with Crippen LogP contribution in [0.2, 0.25) is 0 Å². The van der Waals surface area contributed by atoms with E-state index in [1.54, 1.807) is 12.1 Å². The maximum atomic E-state index is 9.78. The number of phenolic OH excluding ortho intramolecular Hbond substituents is 1. The molecule has 0 amide bonds. The molecule has 3 aromatic rings. The van der Waals surface area contributed by atoms with E-state index in [4.69, 9.17) is 0 Å². The normalized spacial score (nSPS) is 9.89. The topological polar surface area (TPSA) is 46.0 Å². The standard InChI is InChI=1S/C14H10N2OS.Be.2H/c17-12-9-5-4-8-11(12)14-16-15-13(18-14)10-6-2-1-3-7-10;;;/h1-9,17H;;;/q;+2;2*-1. The Bertz CT molecular complexity index is 680. The first kappa shape index (κ1) is 13.4.